The van der Waals surface area contributed by atoms with Crippen LogP contribution in [-0.4, -0.2) is 24.5 Å². The van der Waals surface area contributed by atoms with Crippen molar-refractivity contribution in [2.24, 2.45) is 5.92 Å². The van der Waals surface area contributed by atoms with Crippen LogP contribution in [-0.2, 0) is 9.59 Å². The van der Waals surface area contributed by atoms with E-state index >= 15 is 0 Å². The van der Waals surface area contributed by atoms with Gasteiger partial charge in [-0.2, -0.15) is 0 Å². The number of amides is 1. The van der Waals surface area contributed by atoms with E-state index in [4.69, 9.17) is 16.3 Å². The highest BCUT2D eigenvalue weighted by molar-refractivity contribution is 6.31. The highest BCUT2D eigenvalue weighted by Gasteiger charge is 2.17. The van der Waals surface area contributed by atoms with E-state index in [1.54, 1.807) is 32.0 Å². The number of hydrogen-bond acceptors (Lipinski definition) is 4. The van der Waals surface area contributed by atoms with E-state index in [-0.39, 0.29) is 12.5 Å². The summed E-state index contributed by atoms with van der Waals surface area (Å²) in [6.07, 6.45) is 0. The molecule has 5 nitrogen and oxygen atoms in total. The smallest absolute Gasteiger partial charge is 0.258 e. The van der Waals surface area contributed by atoms with Gasteiger partial charge in [-0.15, -0.1) is 0 Å². The zero-order valence-corrected chi connectivity index (χ0v) is 12.4. The zero-order chi connectivity index (χ0) is 15.3. The number of ether oxygens (including phenoxy) is 1. The number of carboxylic acids is 1. The fraction of sp³-hybridized carbons (Fsp3) is 0.429. The monoisotopic (exact) mass is 298 g/mol. The lowest BCUT2D eigenvalue weighted by atomic mass is 10.1. The summed E-state index contributed by atoms with van der Waals surface area (Å²) in [4.78, 5) is 22.5. The number of nitrogens with one attached hydrogen (secondary N) is 1. The molecule has 0 radical (unpaired) electrons. The maximum Gasteiger partial charge on any atom is 0.258 e. The Kier molecular flexibility index (Phi) is 5.82. The number of halogens is 1. The molecule has 6 heteroatoms. The molecule has 0 aromatic heterocycles. The highest BCUT2D eigenvalue weighted by Crippen LogP contribution is 2.20. The lowest BCUT2D eigenvalue weighted by Gasteiger charge is -2.23. The summed E-state index contributed by atoms with van der Waals surface area (Å²) in [7, 11) is 0. The SMILES string of the molecule is Cc1cc(OCC(=O)N[C@H](C(=O)[O-])C(C)C)ccc1Cl. The third-order valence-electron chi connectivity index (χ3n) is 2.74. The van der Waals surface area contributed by atoms with Crippen molar-refractivity contribution >= 4 is 23.5 Å². The van der Waals surface area contributed by atoms with E-state index in [0.29, 0.717) is 10.8 Å². The zero-order valence-electron chi connectivity index (χ0n) is 11.6. The molecule has 0 unspecified atom stereocenters. The molecule has 0 saturated heterocycles. The van der Waals surface area contributed by atoms with Crippen LogP contribution in [0.2, 0.25) is 5.02 Å². The minimum absolute atomic E-state index is 0.262. The van der Waals surface area contributed by atoms with Crippen molar-refractivity contribution in [2.45, 2.75) is 26.8 Å². The predicted molar refractivity (Wildman–Crippen MR) is 73.5 cm³/mol. The molecule has 1 N–H and O–H groups in total. The van der Waals surface area contributed by atoms with Crippen LogP contribution in [0.15, 0.2) is 18.2 Å². The molecule has 0 aliphatic rings. The normalized spacial score (nSPS) is 12.1. The average molecular weight is 299 g/mol. The second-order valence-electron chi connectivity index (χ2n) is 4.81. The molecule has 0 aliphatic heterocycles. The maximum absolute atomic E-state index is 11.6. The minimum Gasteiger partial charge on any atom is -0.548 e. The van der Waals surface area contributed by atoms with Gasteiger partial charge in [-0.1, -0.05) is 25.4 Å². The third kappa shape index (κ3) is 4.74. The molecule has 0 bridgehead atoms. The number of carbonyl (C=O) groups excluding carboxylic acids is 2. The van der Waals surface area contributed by atoms with Crippen molar-refractivity contribution in [1.29, 1.82) is 0 Å². The molecule has 0 aliphatic carbocycles. The van der Waals surface area contributed by atoms with E-state index in [1.165, 1.54) is 0 Å². The maximum atomic E-state index is 11.6. The average Bonchev–Trinajstić information content (AvgIpc) is 2.36. The first-order valence-corrected chi connectivity index (χ1v) is 6.58. The number of benzene rings is 1. The van der Waals surface area contributed by atoms with E-state index < -0.39 is 17.9 Å². The van der Waals surface area contributed by atoms with Gasteiger partial charge in [0.2, 0.25) is 0 Å². The number of carbonyl (C=O) groups is 2. The van der Waals surface area contributed by atoms with Crippen molar-refractivity contribution < 1.29 is 19.4 Å². The van der Waals surface area contributed by atoms with Crippen molar-refractivity contribution in [3.05, 3.63) is 28.8 Å². The second kappa shape index (κ2) is 7.14. The largest absolute Gasteiger partial charge is 0.548 e. The first-order chi connectivity index (χ1) is 9.31. The summed E-state index contributed by atoms with van der Waals surface area (Å²) in [5.41, 5.74) is 0.833. The third-order valence-corrected chi connectivity index (χ3v) is 3.16. The number of aryl methyl sites for hydroxylation is 1. The Bertz CT molecular complexity index is 502. The van der Waals surface area contributed by atoms with Crippen molar-refractivity contribution in [3.8, 4) is 5.75 Å². The van der Waals surface area contributed by atoms with Crippen LogP contribution < -0.4 is 15.2 Å². The molecule has 0 heterocycles. The second-order valence-corrected chi connectivity index (χ2v) is 5.22. The van der Waals surface area contributed by atoms with E-state index in [0.717, 1.165) is 5.56 Å². The lowest BCUT2D eigenvalue weighted by molar-refractivity contribution is -0.309. The van der Waals surface area contributed by atoms with Gasteiger partial charge in [0.15, 0.2) is 6.61 Å². The first kappa shape index (κ1) is 16.3. The molecule has 1 amide bonds. The fourth-order valence-corrected chi connectivity index (χ4v) is 1.69. The quantitative estimate of drug-likeness (QED) is 0.847. The van der Waals surface area contributed by atoms with Crippen LogP contribution in [0.5, 0.6) is 5.75 Å². The van der Waals surface area contributed by atoms with Gasteiger partial charge in [-0.05, 0) is 36.6 Å². The molecule has 1 rings (SSSR count). The number of aliphatic carboxylic acids is 1. The van der Waals surface area contributed by atoms with Gasteiger partial charge in [0.1, 0.15) is 5.75 Å². The molecule has 0 saturated carbocycles. The van der Waals surface area contributed by atoms with E-state index in [9.17, 15) is 14.7 Å². The van der Waals surface area contributed by atoms with E-state index in [1.807, 2.05) is 6.92 Å². The summed E-state index contributed by atoms with van der Waals surface area (Å²) in [6, 6.07) is 3.98. The standard InChI is InChI=1S/C14H18ClNO4/c1-8(2)13(14(18)19)16-12(17)7-20-10-4-5-11(15)9(3)6-10/h4-6,8,13H,7H2,1-3H3,(H,16,17)(H,18,19)/p-1/t13-/m0/s1. The fourth-order valence-electron chi connectivity index (χ4n) is 1.57. The number of rotatable bonds is 6. The van der Waals surface area contributed by atoms with Crippen LogP contribution in [0.25, 0.3) is 0 Å². The molecule has 20 heavy (non-hydrogen) atoms. The molecular formula is C14H17ClNO4-. The topological polar surface area (TPSA) is 78.5 Å². The Morgan fingerprint density at radius 2 is 2.05 bits per heavy atom. The molecule has 110 valence electrons. The van der Waals surface area contributed by atoms with Crippen LogP contribution in [0.4, 0.5) is 0 Å². The van der Waals surface area contributed by atoms with Gasteiger partial charge in [0.25, 0.3) is 5.91 Å². The highest BCUT2D eigenvalue weighted by atomic mass is 35.5. The molecule has 1 aromatic carbocycles. The Labute approximate surface area is 122 Å². The summed E-state index contributed by atoms with van der Waals surface area (Å²) in [5.74, 6) is -1.59. The summed E-state index contributed by atoms with van der Waals surface area (Å²) in [6.45, 7) is 4.92. The van der Waals surface area contributed by atoms with Gasteiger partial charge in [-0.25, -0.2) is 0 Å². The van der Waals surface area contributed by atoms with Gasteiger partial charge in [0, 0.05) is 5.02 Å². The number of carboxylic acid groups (broad SMARTS) is 1. The molecule has 0 fully saturated rings. The number of hydrogen-bond donors (Lipinski definition) is 1. The lowest BCUT2D eigenvalue weighted by Crippen LogP contribution is -2.51. The van der Waals surface area contributed by atoms with Gasteiger partial charge < -0.3 is 20.0 Å². The predicted octanol–water partition coefficient (Wildman–Crippen LogP) is 0.918. The van der Waals surface area contributed by atoms with Gasteiger partial charge >= 0.3 is 0 Å². The van der Waals surface area contributed by atoms with Crippen molar-refractivity contribution in [2.75, 3.05) is 6.61 Å². The van der Waals surface area contributed by atoms with Crippen LogP contribution in [0.3, 0.4) is 0 Å². The van der Waals surface area contributed by atoms with E-state index in [2.05, 4.69) is 5.32 Å². The molecule has 1 aromatic rings. The summed E-state index contributed by atoms with van der Waals surface area (Å²) >= 11 is 5.87. The minimum atomic E-state index is -1.31. The molecule has 1 atom stereocenters. The van der Waals surface area contributed by atoms with Crippen LogP contribution in [0, 0.1) is 12.8 Å². The molecule has 0 spiro atoms. The Morgan fingerprint density at radius 3 is 2.55 bits per heavy atom. The Hall–Kier alpha value is -1.75. The summed E-state index contributed by atoms with van der Waals surface area (Å²) in [5, 5.41) is 13.8. The van der Waals surface area contributed by atoms with Gasteiger partial charge in [-0.3, -0.25) is 4.79 Å². The van der Waals surface area contributed by atoms with Gasteiger partial charge in [0.05, 0.1) is 12.0 Å². The van der Waals surface area contributed by atoms with Crippen molar-refractivity contribution in [1.82, 2.24) is 5.32 Å². The Balaban J connectivity index is 2.54. The van der Waals surface area contributed by atoms with Crippen molar-refractivity contribution in [3.63, 3.8) is 0 Å². The Morgan fingerprint density at radius 1 is 1.40 bits per heavy atom. The summed E-state index contributed by atoms with van der Waals surface area (Å²) < 4.78 is 5.28. The van der Waals surface area contributed by atoms with Crippen LogP contribution >= 0.6 is 11.6 Å². The molecular weight excluding hydrogens is 282 g/mol. The first-order valence-electron chi connectivity index (χ1n) is 6.20. The van der Waals surface area contributed by atoms with Crippen LogP contribution in [0.1, 0.15) is 19.4 Å².